The molecule has 164 valence electrons. The largest absolute Gasteiger partial charge is 0.712 e. The van der Waals surface area contributed by atoms with E-state index in [0.29, 0.717) is 13.2 Å². The van der Waals surface area contributed by atoms with E-state index in [0.717, 1.165) is 44.3 Å². The van der Waals surface area contributed by atoms with Crippen molar-refractivity contribution in [1.82, 2.24) is 0 Å². The smallest absolute Gasteiger partial charge is 0.516 e. The lowest BCUT2D eigenvalue weighted by atomic mass is 10.0. The van der Waals surface area contributed by atoms with Crippen LogP contribution in [0.3, 0.4) is 0 Å². The van der Waals surface area contributed by atoms with Crippen molar-refractivity contribution in [3.8, 4) is 0 Å². The summed E-state index contributed by atoms with van der Waals surface area (Å²) in [5.74, 6) is 1.07. The molecular formula is C20H42B2O6. The first-order chi connectivity index (χ1) is 13.7. The normalized spacial score (nSPS) is 15.1. The highest BCUT2D eigenvalue weighted by molar-refractivity contribution is 6.36. The number of hydrogen-bond donors (Lipinski definition) is 1. The third kappa shape index (κ3) is 17.6. The Morgan fingerprint density at radius 3 is 1.89 bits per heavy atom. The van der Waals surface area contributed by atoms with E-state index in [-0.39, 0.29) is 0 Å². The van der Waals surface area contributed by atoms with Gasteiger partial charge >= 0.3 is 14.6 Å². The van der Waals surface area contributed by atoms with Crippen molar-refractivity contribution in [3.05, 3.63) is 11.8 Å². The molecule has 0 aromatic carbocycles. The van der Waals surface area contributed by atoms with Crippen LogP contribution in [0.2, 0.25) is 0 Å². The van der Waals surface area contributed by atoms with Gasteiger partial charge in [0.05, 0.1) is 5.76 Å². The second-order valence-corrected chi connectivity index (χ2v) is 6.96. The van der Waals surface area contributed by atoms with Crippen molar-refractivity contribution >= 4 is 14.6 Å². The monoisotopic (exact) mass is 400 g/mol. The Labute approximate surface area is 173 Å². The molecule has 0 fully saturated rings. The predicted molar refractivity (Wildman–Crippen MR) is 116 cm³/mol. The summed E-state index contributed by atoms with van der Waals surface area (Å²) in [6.07, 6.45) is 16.6. The van der Waals surface area contributed by atoms with E-state index in [1.807, 2.05) is 0 Å². The van der Waals surface area contributed by atoms with Gasteiger partial charge in [0.25, 0.3) is 0 Å². The SMILES string of the molecule is CCCCOB(OCCCC)OC1=CCCCCCCCC1.COB(O)OC. The van der Waals surface area contributed by atoms with Gasteiger partial charge in [0.1, 0.15) is 0 Å². The number of rotatable bonds is 12. The molecule has 0 aromatic rings. The van der Waals surface area contributed by atoms with Crippen LogP contribution in [-0.2, 0) is 23.3 Å². The zero-order valence-electron chi connectivity index (χ0n) is 18.6. The van der Waals surface area contributed by atoms with Crippen LogP contribution < -0.4 is 0 Å². The van der Waals surface area contributed by atoms with Crippen LogP contribution in [0.1, 0.15) is 90.9 Å². The average Bonchev–Trinajstić information content (AvgIpc) is 2.72. The van der Waals surface area contributed by atoms with Crippen LogP contribution >= 0.6 is 0 Å². The zero-order chi connectivity index (χ0) is 20.9. The van der Waals surface area contributed by atoms with Gasteiger partial charge in [0, 0.05) is 33.9 Å². The highest BCUT2D eigenvalue weighted by Gasteiger charge is 2.24. The Hall–Kier alpha value is -0.530. The molecule has 28 heavy (non-hydrogen) atoms. The van der Waals surface area contributed by atoms with Gasteiger partial charge in [-0.25, -0.2) is 0 Å². The van der Waals surface area contributed by atoms with Crippen LogP contribution in [0, 0.1) is 0 Å². The summed E-state index contributed by atoms with van der Waals surface area (Å²) < 4.78 is 26.0. The summed E-state index contributed by atoms with van der Waals surface area (Å²) in [6.45, 7) is 5.75. The lowest BCUT2D eigenvalue weighted by molar-refractivity contribution is 0.111. The number of allylic oxidation sites excluding steroid dienone is 2. The molecule has 0 aliphatic heterocycles. The fourth-order valence-electron chi connectivity index (χ4n) is 2.61. The quantitative estimate of drug-likeness (QED) is 0.372. The van der Waals surface area contributed by atoms with E-state index in [1.54, 1.807) is 0 Å². The molecular weight excluding hydrogens is 358 g/mol. The van der Waals surface area contributed by atoms with Crippen LogP contribution in [0.25, 0.3) is 0 Å². The van der Waals surface area contributed by atoms with Crippen molar-refractivity contribution < 1.29 is 28.3 Å². The van der Waals surface area contributed by atoms with Gasteiger partial charge in [-0.15, -0.1) is 0 Å². The van der Waals surface area contributed by atoms with E-state index in [2.05, 4.69) is 29.2 Å². The van der Waals surface area contributed by atoms with Crippen LogP contribution in [0.4, 0.5) is 0 Å². The van der Waals surface area contributed by atoms with Crippen molar-refractivity contribution in [2.24, 2.45) is 0 Å². The standard InChI is InChI=1S/C18H35BO3.C2H7BO3/c1-3-5-16-20-19(21-17-6-4-2)22-18-14-12-10-8-7-9-11-13-15-18;1-5-3(4)6-2/h14H,3-13,15-17H2,1-2H3;4H,1-2H3. The Morgan fingerprint density at radius 1 is 0.857 bits per heavy atom. The lowest BCUT2D eigenvalue weighted by Crippen LogP contribution is -2.28. The van der Waals surface area contributed by atoms with Gasteiger partial charge in [0.2, 0.25) is 0 Å². The van der Waals surface area contributed by atoms with Crippen molar-refractivity contribution in [2.75, 3.05) is 27.4 Å². The van der Waals surface area contributed by atoms with E-state index in [4.69, 9.17) is 19.0 Å². The minimum absolute atomic E-state index is 0.521. The highest BCUT2D eigenvalue weighted by Crippen LogP contribution is 2.19. The summed E-state index contributed by atoms with van der Waals surface area (Å²) in [4.78, 5) is 0. The minimum atomic E-state index is -1.06. The van der Waals surface area contributed by atoms with Crippen LogP contribution in [-0.4, -0.2) is 47.1 Å². The summed E-state index contributed by atoms with van der Waals surface area (Å²) in [7, 11) is 1.12. The van der Waals surface area contributed by atoms with Gasteiger partial charge in [-0.05, 0) is 38.2 Å². The fraction of sp³-hybridized carbons (Fsp3) is 0.900. The molecule has 0 amide bonds. The van der Waals surface area contributed by atoms with Crippen LogP contribution in [0.5, 0.6) is 0 Å². The molecule has 6 nitrogen and oxygen atoms in total. The first-order valence-electron chi connectivity index (χ1n) is 11.0. The minimum Gasteiger partial charge on any atom is -0.516 e. The molecule has 1 N–H and O–H groups in total. The van der Waals surface area contributed by atoms with Gasteiger partial charge < -0.3 is 28.3 Å². The first-order valence-corrected chi connectivity index (χ1v) is 11.0. The molecule has 0 aromatic heterocycles. The molecule has 8 heteroatoms. The Kier molecular flexibility index (Phi) is 20.8. The predicted octanol–water partition coefficient (Wildman–Crippen LogP) is 4.90. The molecule has 1 aliphatic carbocycles. The van der Waals surface area contributed by atoms with E-state index >= 15 is 0 Å². The van der Waals surface area contributed by atoms with Gasteiger partial charge in [-0.1, -0.05) is 52.4 Å². The third-order valence-electron chi connectivity index (χ3n) is 4.40. The average molecular weight is 400 g/mol. The van der Waals surface area contributed by atoms with Gasteiger partial charge in [0.15, 0.2) is 0 Å². The summed E-state index contributed by atoms with van der Waals surface area (Å²) in [5, 5.41) is 8.22. The zero-order valence-corrected chi connectivity index (χ0v) is 18.6. The van der Waals surface area contributed by atoms with E-state index < -0.39 is 14.6 Å². The molecule has 1 aliphatic rings. The number of unbranched alkanes of at least 4 members (excludes halogenated alkanes) is 2. The maximum Gasteiger partial charge on any atom is 0.712 e. The molecule has 0 atom stereocenters. The second kappa shape index (κ2) is 21.2. The van der Waals surface area contributed by atoms with Crippen molar-refractivity contribution in [3.63, 3.8) is 0 Å². The first kappa shape index (κ1) is 27.5. The Morgan fingerprint density at radius 2 is 1.39 bits per heavy atom. The van der Waals surface area contributed by atoms with E-state index in [9.17, 15) is 0 Å². The molecule has 0 saturated heterocycles. The molecule has 0 saturated carbocycles. The van der Waals surface area contributed by atoms with Crippen molar-refractivity contribution in [2.45, 2.75) is 90.9 Å². The summed E-state index contributed by atoms with van der Waals surface area (Å²) in [6, 6.07) is 0. The molecule has 0 radical (unpaired) electrons. The third-order valence-corrected chi connectivity index (χ3v) is 4.40. The highest BCUT2D eigenvalue weighted by atomic mass is 16.7. The molecule has 0 heterocycles. The second-order valence-electron chi connectivity index (χ2n) is 6.96. The number of hydrogen-bond acceptors (Lipinski definition) is 6. The summed E-state index contributed by atoms with van der Waals surface area (Å²) in [5.41, 5.74) is 0. The van der Waals surface area contributed by atoms with Gasteiger partial charge in [-0.3, -0.25) is 0 Å². The van der Waals surface area contributed by atoms with Crippen LogP contribution in [0.15, 0.2) is 11.8 Å². The molecule has 1 rings (SSSR count). The van der Waals surface area contributed by atoms with Gasteiger partial charge in [-0.2, -0.15) is 0 Å². The molecule has 0 unspecified atom stereocenters. The lowest BCUT2D eigenvalue weighted by Gasteiger charge is -2.18. The maximum atomic E-state index is 8.22. The Balaban J connectivity index is 0.00000105. The maximum absolute atomic E-state index is 8.22. The fourth-order valence-corrected chi connectivity index (χ4v) is 2.61. The molecule has 0 bridgehead atoms. The Bertz CT molecular complexity index is 344. The topological polar surface area (TPSA) is 66.4 Å². The molecule has 0 spiro atoms. The van der Waals surface area contributed by atoms with E-state index in [1.165, 1.54) is 52.7 Å². The summed E-state index contributed by atoms with van der Waals surface area (Å²) >= 11 is 0. The van der Waals surface area contributed by atoms with Crippen molar-refractivity contribution in [1.29, 1.82) is 0 Å².